The van der Waals surface area contributed by atoms with Gasteiger partial charge in [-0.15, -0.1) is 0 Å². The van der Waals surface area contributed by atoms with Crippen LogP contribution in [0.2, 0.25) is 0 Å². The van der Waals surface area contributed by atoms with Crippen LogP contribution in [0.4, 0.5) is 0 Å². The van der Waals surface area contributed by atoms with Gasteiger partial charge in [0, 0.05) is 19.0 Å². The molecule has 0 saturated carbocycles. The van der Waals surface area contributed by atoms with E-state index in [2.05, 4.69) is 5.32 Å². The van der Waals surface area contributed by atoms with Gasteiger partial charge in [0.1, 0.15) is 0 Å². The summed E-state index contributed by atoms with van der Waals surface area (Å²) in [5, 5.41) is 3.38. The first-order valence-corrected chi connectivity index (χ1v) is 5.87. The average molecular weight is 212 g/mol. The minimum absolute atomic E-state index is 0.244. The largest absolute Gasteiger partial charge is 0.345 e. The van der Waals surface area contributed by atoms with Gasteiger partial charge in [0.2, 0.25) is 5.91 Å². The lowest BCUT2D eigenvalue weighted by molar-refractivity contribution is -0.138. The number of nitrogens with zero attached hydrogens (tertiary/aromatic N) is 1. The van der Waals surface area contributed by atoms with Crippen molar-refractivity contribution in [3.8, 4) is 0 Å². The Bertz CT molecular complexity index is 214. The van der Waals surface area contributed by atoms with Crippen molar-refractivity contribution in [2.24, 2.45) is 11.3 Å². The van der Waals surface area contributed by atoms with Crippen LogP contribution in [0.3, 0.4) is 0 Å². The van der Waals surface area contributed by atoms with E-state index < -0.39 is 0 Å². The Balaban J connectivity index is 2.40. The van der Waals surface area contributed by atoms with Crippen molar-refractivity contribution in [3.63, 3.8) is 0 Å². The van der Waals surface area contributed by atoms with Gasteiger partial charge >= 0.3 is 0 Å². The summed E-state index contributed by atoms with van der Waals surface area (Å²) in [6, 6.07) is 0. The Morgan fingerprint density at radius 1 is 1.47 bits per heavy atom. The summed E-state index contributed by atoms with van der Waals surface area (Å²) in [5.41, 5.74) is -0.253. The molecule has 1 fully saturated rings. The zero-order valence-electron chi connectivity index (χ0n) is 10.5. The molecule has 1 amide bonds. The fourth-order valence-electron chi connectivity index (χ4n) is 2.12. The Morgan fingerprint density at radius 3 is 2.60 bits per heavy atom. The molecular weight excluding hydrogens is 188 g/mol. The number of piperidine rings is 1. The van der Waals surface area contributed by atoms with Crippen LogP contribution in [0.1, 0.15) is 33.6 Å². The first-order valence-electron chi connectivity index (χ1n) is 5.87. The molecule has 0 aromatic carbocycles. The van der Waals surface area contributed by atoms with Crippen LogP contribution in [-0.2, 0) is 4.79 Å². The predicted octanol–water partition coefficient (Wildman–Crippen LogP) is 1.49. The molecule has 88 valence electrons. The maximum Gasteiger partial charge on any atom is 0.227 e. The van der Waals surface area contributed by atoms with Gasteiger partial charge in [0.25, 0.3) is 0 Å². The lowest BCUT2D eigenvalue weighted by atomic mass is 9.93. The molecule has 3 nitrogen and oxygen atoms in total. The van der Waals surface area contributed by atoms with E-state index in [4.69, 9.17) is 0 Å². The van der Waals surface area contributed by atoms with E-state index >= 15 is 0 Å². The van der Waals surface area contributed by atoms with Crippen LogP contribution in [0, 0.1) is 11.3 Å². The van der Waals surface area contributed by atoms with Crippen LogP contribution >= 0.6 is 0 Å². The van der Waals surface area contributed by atoms with Gasteiger partial charge < -0.3 is 10.2 Å². The minimum Gasteiger partial charge on any atom is -0.345 e. The fraction of sp³-hybridized carbons (Fsp3) is 0.917. The summed E-state index contributed by atoms with van der Waals surface area (Å²) in [6.45, 7) is 9.01. The molecule has 1 rings (SSSR count). The normalized spacial score (nSPS) is 22.5. The van der Waals surface area contributed by atoms with Crippen LogP contribution in [0.25, 0.3) is 0 Å². The lowest BCUT2D eigenvalue weighted by Crippen LogP contribution is -2.43. The van der Waals surface area contributed by atoms with Crippen molar-refractivity contribution in [1.82, 2.24) is 10.2 Å². The highest BCUT2D eigenvalue weighted by atomic mass is 16.2. The first kappa shape index (κ1) is 12.5. The molecule has 1 saturated heterocycles. The van der Waals surface area contributed by atoms with Crippen LogP contribution < -0.4 is 5.32 Å². The van der Waals surface area contributed by atoms with Gasteiger partial charge in [0.15, 0.2) is 0 Å². The standard InChI is InChI=1S/C12H24N2O/c1-12(2,3)11(15)14(4)9-10-6-5-7-13-8-10/h10,13H,5-9H2,1-4H3. The quantitative estimate of drug-likeness (QED) is 0.752. The third kappa shape index (κ3) is 3.82. The molecule has 1 N–H and O–H groups in total. The number of carbonyl (C=O) groups is 1. The number of hydrogen-bond donors (Lipinski definition) is 1. The fourth-order valence-corrected chi connectivity index (χ4v) is 2.12. The van der Waals surface area contributed by atoms with Gasteiger partial charge in [-0.05, 0) is 31.8 Å². The van der Waals surface area contributed by atoms with Crippen LogP contribution in [0.5, 0.6) is 0 Å². The van der Waals surface area contributed by atoms with E-state index in [0.717, 1.165) is 19.6 Å². The predicted molar refractivity (Wildman–Crippen MR) is 62.7 cm³/mol. The summed E-state index contributed by atoms with van der Waals surface area (Å²) in [5.74, 6) is 0.878. The molecule has 0 aromatic rings. The average Bonchev–Trinajstić information content (AvgIpc) is 2.16. The maximum atomic E-state index is 11.9. The monoisotopic (exact) mass is 212 g/mol. The molecule has 1 aliphatic heterocycles. The van der Waals surface area contributed by atoms with Crippen molar-refractivity contribution in [1.29, 1.82) is 0 Å². The van der Waals surface area contributed by atoms with E-state index in [1.54, 1.807) is 0 Å². The van der Waals surface area contributed by atoms with Crippen molar-refractivity contribution in [3.05, 3.63) is 0 Å². The number of amides is 1. The Hall–Kier alpha value is -0.570. The van der Waals surface area contributed by atoms with E-state index in [1.165, 1.54) is 12.8 Å². The second-order valence-electron chi connectivity index (χ2n) is 5.65. The van der Waals surface area contributed by atoms with Gasteiger partial charge in [-0.3, -0.25) is 4.79 Å². The Morgan fingerprint density at radius 2 is 2.13 bits per heavy atom. The van der Waals surface area contributed by atoms with Gasteiger partial charge in [-0.1, -0.05) is 20.8 Å². The molecule has 0 bridgehead atoms. The van der Waals surface area contributed by atoms with E-state index in [1.807, 2.05) is 32.7 Å². The second-order valence-corrected chi connectivity index (χ2v) is 5.65. The molecule has 0 spiro atoms. The second kappa shape index (κ2) is 4.97. The van der Waals surface area contributed by atoms with Gasteiger partial charge in [-0.25, -0.2) is 0 Å². The molecule has 1 atom stereocenters. The Kier molecular flexibility index (Phi) is 4.14. The van der Waals surface area contributed by atoms with Gasteiger partial charge in [0.05, 0.1) is 0 Å². The van der Waals surface area contributed by atoms with Crippen LogP contribution in [0.15, 0.2) is 0 Å². The van der Waals surface area contributed by atoms with Crippen molar-refractivity contribution in [2.75, 3.05) is 26.7 Å². The summed E-state index contributed by atoms with van der Waals surface area (Å²) >= 11 is 0. The molecule has 3 heteroatoms. The molecule has 0 aliphatic carbocycles. The van der Waals surface area contributed by atoms with Gasteiger partial charge in [-0.2, -0.15) is 0 Å². The first-order chi connectivity index (χ1) is 6.91. The summed E-state index contributed by atoms with van der Waals surface area (Å²) in [6.07, 6.45) is 2.48. The van der Waals surface area contributed by atoms with Crippen molar-refractivity contribution < 1.29 is 4.79 Å². The molecule has 0 aromatic heterocycles. The van der Waals surface area contributed by atoms with Crippen molar-refractivity contribution >= 4 is 5.91 Å². The highest BCUT2D eigenvalue weighted by molar-refractivity contribution is 5.81. The molecule has 1 heterocycles. The van der Waals surface area contributed by atoms with E-state index in [0.29, 0.717) is 5.92 Å². The lowest BCUT2D eigenvalue weighted by Gasteiger charge is -2.31. The third-order valence-electron chi connectivity index (χ3n) is 2.92. The van der Waals surface area contributed by atoms with E-state index in [9.17, 15) is 4.79 Å². The Labute approximate surface area is 93.2 Å². The number of carbonyl (C=O) groups excluding carboxylic acids is 1. The highest BCUT2D eigenvalue weighted by Crippen LogP contribution is 2.18. The van der Waals surface area contributed by atoms with E-state index in [-0.39, 0.29) is 11.3 Å². The zero-order valence-corrected chi connectivity index (χ0v) is 10.5. The summed E-state index contributed by atoms with van der Waals surface area (Å²) in [4.78, 5) is 13.8. The molecule has 1 aliphatic rings. The minimum atomic E-state index is -0.253. The summed E-state index contributed by atoms with van der Waals surface area (Å²) < 4.78 is 0. The topological polar surface area (TPSA) is 32.3 Å². The highest BCUT2D eigenvalue weighted by Gasteiger charge is 2.26. The molecule has 0 radical (unpaired) electrons. The molecular formula is C12H24N2O. The molecule has 15 heavy (non-hydrogen) atoms. The number of hydrogen-bond acceptors (Lipinski definition) is 2. The SMILES string of the molecule is CN(CC1CCCNC1)C(=O)C(C)(C)C. The maximum absolute atomic E-state index is 11.9. The van der Waals surface area contributed by atoms with Crippen molar-refractivity contribution in [2.45, 2.75) is 33.6 Å². The number of rotatable bonds is 2. The summed E-state index contributed by atoms with van der Waals surface area (Å²) in [7, 11) is 1.92. The third-order valence-corrected chi connectivity index (χ3v) is 2.92. The van der Waals surface area contributed by atoms with Crippen LogP contribution in [-0.4, -0.2) is 37.5 Å². The number of nitrogens with one attached hydrogen (secondary N) is 1. The smallest absolute Gasteiger partial charge is 0.227 e. The molecule has 1 unspecified atom stereocenters. The zero-order chi connectivity index (χ0) is 11.5.